The van der Waals surface area contributed by atoms with Gasteiger partial charge in [0.2, 0.25) is 0 Å². The van der Waals surface area contributed by atoms with Crippen LogP contribution in [-0.2, 0) is 11.8 Å². The van der Waals surface area contributed by atoms with Gasteiger partial charge in [-0.2, -0.15) is 5.10 Å². The molecule has 2 aliphatic rings. The molecule has 4 aromatic heterocycles. The van der Waals surface area contributed by atoms with Crippen molar-refractivity contribution < 1.29 is 4.74 Å². The number of rotatable bonds is 5. The van der Waals surface area contributed by atoms with Crippen molar-refractivity contribution in [2.75, 3.05) is 36.9 Å². The zero-order valence-corrected chi connectivity index (χ0v) is 18.8. The van der Waals surface area contributed by atoms with Crippen LogP contribution < -0.4 is 10.6 Å². The highest BCUT2D eigenvalue weighted by atomic mass is 16.5. The molecule has 4 aromatic rings. The maximum Gasteiger partial charge on any atom is 0.145 e. The molecule has 0 atom stereocenters. The first-order valence-corrected chi connectivity index (χ1v) is 11.7. The van der Waals surface area contributed by atoms with E-state index in [-0.39, 0.29) is 0 Å². The van der Waals surface area contributed by atoms with Gasteiger partial charge in [0.25, 0.3) is 0 Å². The van der Waals surface area contributed by atoms with E-state index < -0.39 is 0 Å². The number of pyridine rings is 1. The molecular formula is C23H29N9O. The van der Waals surface area contributed by atoms with Crippen LogP contribution >= 0.6 is 0 Å². The lowest BCUT2D eigenvalue weighted by Gasteiger charge is -2.39. The number of nitrogens with zero attached hydrogens (tertiary/aromatic N) is 6. The summed E-state index contributed by atoms with van der Waals surface area (Å²) in [5.41, 5.74) is 3.51. The third-order valence-corrected chi connectivity index (χ3v) is 6.81. The standard InChI is InChI=1S/C23H29N9O/c1-31-13-16(12-26-31)27-19-7-6-18-21(30-19)20-22(24-14-25-23(20)29-18)28-15-2-4-17(5-3-15)32-8-10-33-11-9-32/h6-7,12-15,17H,2-5,8-11H2,1H3,(H,27,30)(H2,24,25,28,29). The number of aromatic amines is 1. The lowest BCUT2D eigenvalue weighted by Crippen LogP contribution is -2.46. The Morgan fingerprint density at radius 2 is 1.94 bits per heavy atom. The van der Waals surface area contributed by atoms with Crippen LogP contribution in [0.3, 0.4) is 0 Å². The first-order chi connectivity index (χ1) is 16.2. The van der Waals surface area contributed by atoms with E-state index in [1.165, 1.54) is 12.8 Å². The molecule has 0 radical (unpaired) electrons. The molecule has 33 heavy (non-hydrogen) atoms. The molecule has 10 nitrogen and oxygen atoms in total. The van der Waals surface area contributed by atoms with Gasteiger partial charge in [-0.3, -0.25) is 9.58 Å². The van der Waals surface area contributed by atoms with Gasteiger partial charge >= 0.3 is 0 Å². The summed E-state index contributed by atoms with van der Waals surface area (Å²) in [5.74, 6) is 1.62. The van der Waals surface area contributed by atoms with Crippen LogP contribution in [0.1, 0.15) is 25.7 Å². The van der Waals surface area contributed by atoms with E-state index in [1.54, 1.807) is 17.2 Å². The molecule has 0 spiro atoms. The van der Waals surface area contributed by atoms with E-state index in [0.717, 1.165) is 78.5 Å². The van der Waals surface area contributed by atoms with Gasteiger partial charge in [-0.25, -0.2) is 15.0 Å². The normalized spacial score (nSPS) is 22.1. The Labute approximate surface area is 191 Å². The van der Waals surface area contributed by atoms with Crippen LogP contribution in [0.5, 0.6) is 0 Å². The number of hydrogen-bond acceptors (Lipinski definition) is 8. The minimum atomic E-state index is 0.405. The highest BCUT2D eigenvalue weighted by Gasteiger charge is 2.27. The van der Waals surface area contributed by atoms with Crippen LogP contribution in [0.4, 0.5) is 17.3 Å². The molecule has 0 amide bonds. The fourth-order valence-electron chi connectivity index (χ4n) is 5.12. The van der Waals surface area contributed by atoms with Gasteiger partial charge in [0.05, 0.1) is 36.0 Å². The van der Waals surface area contributed by atoms with Crippen LogP contribution in [0.25, 0.3) is 22.1 Å². The summed E-state index contributed by atoms with van der Waals surface area (Å²) < 4.78 is 7.28. The zero-order chi connectivity index (χ0) is 22.2. The van der Waals surface area contributed by atoms with Gasteiger partial charge in [-0.15, -0.1) is 0 Å². The Kier molecular flexibility index (Phi) is 5.31. The third-order valence-electron chi connectivity index (χ3n) is 6.81. The summed E-state index contributed by atoms with van der Waals surface area (Å²) in [4.78, 5) is 19.9. The molecule has 1 aliphatic carbocycles. The molecule has 172 valence electrons. The van der Waals surface area contributed by atoms with Crippen LogP contribution in [0, 0.1) is 0 Å². The highest BCUT2D eigenvalue weighted by Crippen LogP contribution is 2.32. The number of hydrogen-bond donors (Lipinski definition) is 3. The summed E-state index contributed by atoms with van der Waals surface area (Å²) in [6.07, 6.45) is 10.0. The smallest absolute Gasteiger partial charge is 0.145 e. The molecule has 0 bridgehead atoms. The van der Waals surface area contributed by atoms with Gasteiger partial charge in [-0.05, 0) is 37.8 Å². The molecular weight excluding hydrogens is 418 g/mol. The first-order valence-electron chi connectivity index (χ1n) is 11.7. The Morgan fingerprint density at radius 3 is 2.73 bits per heavy atom. The molecule has 2 fully saturated rings. The molecule has 1 aliphatic heterocycles. The van der Waals surface area contributed by atoms with Crippen molar-refractivity contribution in [3.8, 4) is 0 Å². The van der Waals surface area contributed by atoms with Crippen molar-refractivity contribution >= 4 is 39.4 Å². The minimum Gasteiger partial charge on any atom is -0.379 e. The van der Waals surface area contributed by atoms with Crippen molar-refractivity contribution in [1.82, 2.24) is 34.6 Å². The fraction of sp³-hybridized carbons (Fsp3) is 0.478. The van der Waals surface area contributed by atoms with Crippen molar-refractivity contribution in [2.45, 2.75) is 37.8 Å². The predicted molar refractivity (Wildman–Crippen MR) is 128 cm³/mol. The van der Waals surface area contributed by atoms with Gasteiger partial charge < -0.3 is 20.4 Å². The van der Waals surface area contributed by atoms with E-state index in [1.807, 2.05) is 25.4 Å². The second-order valence-electron chi connectivity index (χ2n) is 8.99. The number of nitrogens with one attached hydrogen (secondary N) is 3. The zero-order valence-electron chi connectivity index (χ0n) is 18.8. The van der Waals surface area contributed by atoms with Crippen LogP contribution in [0.2, 0.25) is 0 Å². The lowest BCUT2D eigenvalue weighted by atomic mass is 9.90. The van der Waals surface area contributed by atoms with Crippen molar-refractivity contribution in [3.63, 3.8) is 0 Å². The minimum absolute atomic E-state index is 0.405. The Morgan fingerprint density at radius 1 is 1.09 bits per heavy atom. The largest absolute Gasteiger partial charge is 0.379 e. The number of fused-ring (bicyclic) bond motifs is 3. The topological polar surface area (TPSA) is 109 Å². The number of aromatic nitrogens is 6. The number of anilines is 3. The molecule has 0 unspecified atom stereocenters. The van der Waals surface area contributed by atoms with E-state index in [4.69, 9.17) is 9.72 Å². The molecule has 1 saturated heterocycles. The fourth-order valence-corrected chi connectivity index (χ4v) is 5.12. The average molecular weight is 448 g/mol. The molecule has 3 N–H and O–H groups in total. The first kappa shape index (κ1) is 20.4. The predicted octanol–water partition coefficient (Wildman–Crippen LogP) is 3.04. The highest BCUT2D eigenvalue weighted by molar-refractivity contribution is 6.09. The summed E-state index contributed by atoms with van der Waals surface area (Å²) in [5, 5.41) is 12.2. The molecule has 0 aromatic carbocycles. The number of aryl methyl sites for hydroxylation is 1. The molecule has 6 rings (SSSR count). The van der Waals surface area contributed by atoms with E-state index in [9.17, 15) is 0 Å². The van der Waals surface area contributed by atoms with Crippen LogP contribution in [0.15, 0.2) is 30.9 Å². The third kappa shape index (κ3) is 4.11. The summed E-state index contributed by atoms with van der Waals surface area (Å²) in [7, 11) is 1.89. The van der Waals surface area contributed by atoms with Gasteiger partial charge in [-0.1, -0.05) is 0 Å². The second-order valence-corrected chi connectivity index (χ2v) is 8.99. The van der Waals surface area contributed by atoms with E-state index >= 15 is 0 Å². The maximum atomic E-state index is 5.52. The molecule has 5 heterocycles. The summed E-state index contributed by atoms with van der Waals surface area (Å²) >= 11 is 0. The second kappa shape index (κ2) is 8.60. The van der Waals surface area contributed by atoms with Crippen molar-refractivity contribution in [2.24, 2.45) is 7.05 Å². The Balaban J connectivity index is 1.23. The van der Waals surface area contributed by atoms with Gasteiger partial charge in [0.15, 0.2) is 0 Å². The molecule has 10 heteroatoms. The Bertz CT molecular complexity index is 1250. The van der Waals surface area contributed by atoms with E-state index in [2.05, 4.69) is 35.6 Å². The Hall–Kier alpha value is -3.24. The number of morpholine rings is 1. The number of ether oxygens (including phenoxy) is 1. The monoisotopic (exact) mass is 447 g/mol. The average Bonchev–Trinajstić information content (AvgIpc) is 3.43. The SMILES string of the molecule is Cn1cc(Nc2ccc3[nH]c4ncnc(NC5CCC(N6CCOCC6)CC5)c4c3n2)cn1. The summed E-state index contributed by atoms with van der Waals surface area (Å²) in [6, 6.07) is 5.06. The lowest BCUT2D eigenvalue weighted by molar-refractivity contribution is 0.00791. The maximum absolute atomic E-state index is 5.52. The van der Waals surface area contributed by atoms with Gasteiger partial charge in [0, 0.05) is 38.4 Å². The van der Waals surface area contributed by atoms with Gasteiger partial charge in [0.1, 0.15) is 29.1 Å². The van der Waals surface area contributed by atoms with Crippen LogP contribution in [-0.4, -0.2) is 73.0 Å². The quantitative estimate of drug-likeness (QED) is 0.428. The van der Waals surface area contributed by atoms with Crippen molar-refractivity contribution in [3.05, 3.63) is 30.9 Å². The van der Waals surface area contributed by atoms with Crippen molar-refractivity contribution in [1.29, 1.82) is 0 Å². The summed E-state index contributed by atoms with van der Waals surface area (Å²) in [6.45, 7) is 3.85. The van der Waals surface area contributed by atoms with E-state index in [0.29, 0.717) is 12.1 Å². The molecule has 1 saturated carbocycles. The number of H-pyrrole nitrogens is 1.